The second-order valence-electron chi connectivity index (χ2n) is 7.28. The lowest BCUT2D eigenvalue weighted by Gasteiger charge is -2.38. The largest absolute Gasteiger partial charge is 0.478 e. The van der Waals surface area contributed by atoms with Gasteiger partial charge in [-0.1, -0.05) is 42.5 Å². The number of carboxylic acid groups (broad SMARTS) is 1. The highest BCUT2D eigenvalue weighted by Crippen LogP contribution is 2.37. The average Bonchev–Trinajstić information content (AvgIpc) is 2.75. The molecule has 1 aliphatic rings. The number of carbonyl (C=O) groups is 3. The summed E-state index contributed by atoms with van der Waals surface area (Å²) in [4.78, 5) is 39.3. The molecule has 6 heteroatoms. The van der Waals surface area contributed by atoms with Gasteiger partial charge in [0.25, 0.3) is 0 Å². The number of aromatic carboxylic acids is 1. The molecule has 0 radical (unpaired) electrons. The maximum atomic E-state index is 13.2. The predicted octanol–water partition coefficient (Wildman–Crippen LogP) is 3.41. The number of benzene rings is 2. The normalized spacial score (nSPS) is 16.2. The van der Waals surface area contributed by atoms with Gasteiger partial charge in [0.2, 0.25) is 0 Å². The van der Waals surface area contributed by atoms with E-state index in [9.17, 15) is 14.4 Å². The minimum Gasteiger partial charge on any atom is -0.478 e. The number of hydrogen-bond acceptors (Lipinski definition) is 5. The van der Waals surface area contributed by atoms with Crippen LogP contribution < -0.4 is 0 Å². The zero-order valence-corrected chi connectivity index (χ0v) is 16.5. The molecule has 152 valence electrons. The van der Waals surface area contributed by atoms with Crippen LogP contribution >= 0.6 is 0 Å². The first-order valence-electron chi connectivity index (χ1n) is 9.78. The van der Waals surface area contributed by atoms with Gasteiger partial charge in [-0.05, 0) is 37.5 Å². The summed E-state index contributed by atoms with van der Waals surface area (Å²) < 4.78 is 5.28. The molecule has 1 saturated heterocycles. The van der Waals surface area contributed by atoms with Crippen LogP contribution in [0.4, 0.5) is 0 Å². The van der Waals surface area contributed by atoms with E-state index >= 15 is 0 Å². The van der Waals surface area contributed by atoms with Gasteiger partial charge in [-0.3, -0.25) is 14.5 Å². The van der Waals surface area contributed by atoms with Crippen LogP contribution in [0.1, 0.15) is 46.0 Å². The predicted molar refractivity (Wildman–Crippen MR) is 108 cm³/mol. The molecule has 2 aromatic carbocycles. The Morgan fingerprint density at radius 3 is 2.28 bits per heavy atom. The Morgan fingerprint density at radius 2 is 1.66 bits per heavy atom. The van der Waals surface area contributed by atoms with Crippen molar-refractivity contribution in [2.45, 2.75) is 26.3 Å². The highest BCUT2D eigenvalue weighted by atomic mass is 16.5. The fraction of sp³-hybridized carbons (Fsp3) is 0.348. The van der Waals surface area contributed by atoms with Gasteiger partial charge in [0, 0.05) is 25.2 Å². The van der Waals surface area contributed by atoms with Crippen LogP contribution in [-0.2, 0) is 16.1 Å². The molecule has 1 aliphatic heterocycles. The Hall–Kier alpha value is -2.99. The van der Waals surface area contributed by atoms with E-state index in [-0.39, 0.29) is 18.0 Å². The van der Waals surface area contributed by atoms with Crippen LogP contribution in [0.25, 0.3) is 0 Å². The summed E-state index contributed by atoms with van der Waals surface area (Å²) >= 11 is 0. The summed E-state index contributed by atoms with van der Waals surface area (Å²) in [6, 6.07) is 15.7. The maximum absolute atomic E-state index is 13.2. The molecule has 0 atom stereocenters. The maximum Gasteiger partial charge on any atom is 0.335 e. The number of ketones is 1. The third-order valence-electron chi connectivity index (χ3n) is 5.43. The van der Waals surface area contributed by atoms with Gasteiger partial charge in [0.1, 0.15) is 5.41 Å². The molecular weight excluding hydrogens is 370 g/mol. The van der Waals surface area contributed by atoms with Crippen LogP contribution in [0.15, 0.2) is 54.6 Å². The number of hydrogen-bond donors (Lipinski definition) is 1. The van der Waals surface area contributed by atoms with E-state index in [1.54, 1.807) is 49.4 Å². The van der Waals surface area contributed by atoms with Crippen molar-refractivity contribution in [2.75, 3.05) is 19.7 Å². The van der Waals surface area contributed by atoms with Crippen molar-refractivity contribution in [3.63, 3.8) is 0 Å². The monoisotopic (exact) mass is 395 g/mol. The first-order valence-corrected chi connectivity index (χ1v) is 9.78. The van der Waals surface area contributed by atoms with Crippen LogP contribution in [0.2, 0.25) is 0 Å². The standard InChI is InChI=1S/C23H25NO5/c1-2-29-22(28)23(20(25)18-8-4-3-5-9-18)11-13-24(14-12-23)16-17-7-6-10-19(15-17)21(26)27/h3-10,15H,2,11-14,16H2,1H3,(H,26,27). The molecule has 0 saturated carbocycles. The number of nitrogens with zero attached hydrogens (tertiary/aromatic N) is 1. The minimum absolute atomic E-state index is 0.191. The zero-order valence-electron chi connectivity index (χ0n) is 16.5. The number of rotatable bonds is 7. The topological polar surface area (TPSA) is 83.9 Å². The van der Waals surface area contributed by atoms with Crippen molar-refractivity contribution < 1.29 is 24.2 Å². The van der Waals surface area contributed by atoms with E-state index in [1.165, 1.54) is 0 Å². The molecule has 0 unspecified atom stereocenters. The van der Waals surface area contributed by atoms with E-state index < -0.39 is 17.4 Å². The lowest BCUT2D eigenvalue weighted by atomic mass is 9.72. The molecule has 0 aliphatic carbocycles. The van der Waals surface area contributed by atoms with Crippen LogP contribution in [0.5, 0.6) is 0 Å². The van der Waals surface area contributed by atoms with Crippen LogP contribution in [0.3, 0.4) is 0 Å². The molecule has 29 heavy (non-hydrogen) atoms. The van der Waals surface area contributed by atoms with Gasteiger partial charge in [-0.25, -0.2) is 4.79 Å². The van der Waals surface area contributed by atoms with Crippen molar-refractivity contribution in [3.8, 4) is 0 Å². The molecule has 0 spiro atoms. The Kier molecular flexibility index (Phi) is 6.44. The molecule has 1 fully saturated rings. The minimum atomic E-state index is -1.17. The van der Waals surface area contributed by atoms with Gasteiger partial charge < -0.3 is 9.84 Å². The van der Waals surface area contributed by atoms with E-state index in [4.69, 9.17) is 9.84 Å². The number of likely N-dealkylation sites (tertiary alicyclic amines) is 1. The molecule has 6 nitrogen and oxygen atoms in total. The van der Waals surface area contributed by atoms with Gasteiger partial charge >= 0.3 is 11.9 Å². The summed E-state index contributed by atoms with van der Waals surface area (Å²) in [7, 11) is 0. The van der Waals surface area contributed by atoms with Crippen molar-refractivity contribution in [3.05, 3.63) is 71.3 Å². The Labute approximate surface area is 170 Å². The molecule has 1 N–H and O–H groups in total. The van der Waals surface area contributed by atoms with Gasteiger partial charge in [0.05, 0.1) is 12.2 Å². The number of piperidine rings is 1. The van der Waals surface area contributed by atoms with Crippen LogP contribution in [0, 0.1) is 5.41 Å². The SMILES string of the molecule is CCOC(=O)C1(C(=O)c2ccccc2)CCN(Cc2cccc(C(=O)O)c2)CC1. The third-order valence-corrected chi connectivity index (χ3v) is 5.43. The van der Waals surface area contributed by atoms with Gasteiger partial charge in [-0.15, -0.1) is 0 Å². The second-order valence-corrected chi connectivity index (χ2v) is 7.28. The number of carboxylic acids is 1. The molecule has 2 aromatic rings. The summed E-state index contributed by atoms with van der Waals surface area (Å²) in [6.07, 6.45) is 0.746. The first-order chi connectivity index (χ1) is 14.0. The summed E-state index contributed by atoms with van der Waals surface area (Å²) in [5.41, 5.74) is 0.488. The van der Waals surface area contributed by atoms with Crippen molar-refractivity contribution in [1.82, 2.24) is 4.90 Å². The molecule has 0 amide bonds. The highest BCUT2D eigenvalue weighted by Gasteiger charge is 2.49. The molecule has 0 aromatic heterocycles. The van der Waals surface area contributed by atoms with E-state index in [0.29, 0.717) is 38.0 Å². The lowest BCUT2D eigenvalue weighted by Crippen LogP contribution is -2.49. The molecule has 1 heterocycles. The number of esters is 1. The van der Waals surface area contributed by atoms with E-state index in [0.717, 1.165) is 5.56 Å². The zero-order chi connectivity index (χ0) is 20.9. The van der Waals surface area contributed by atoms with Crippen LogP contribution in [-0.4, -0.2) is 47.4 Å². The quantitative estimate of drug-likeness (QED) is 0.439. The third kappa shape index (κ3) is 4.54. The molecule has 3 rings (SSSR count). The number of ether oxygens (including phenoxy) is 1. The fourth-order valence-electron chi connectivity index (χ4n) is 3.81. The number of carbonyl (C=O) groups excluding carboxylic acids is 2. The van der Waals surface area contributed by atoms with Gasteiger partial charge in [-0.2, -0.15) is 0 Å². The Morgan fingerprint density at radius 1 is 1.00 bits per heavy atom. The highest BCUT2D eigenvalue weighted by molar-refractivity contribution is 6.12. The van der Waals surface area contributed by atoms with Crippen molar-refractivity contribution in [1.29, 1.82) is 0 Å². The summed E-state index contributed by atoms with van der Waals surface area (Å²) in [5.74, 6) is -1.61. The Balaban J connectivity index is 1.76. The molecular formula is C23H25NO5. The fourth-order valence-corrected chi connectivity index (χ4v) is 3.81. The first kappa shape index (κ1) is 20.7. The second kappa shape index (κ2) is 9.01. The van der Waals surface area contributed by atoms with Gasteiger partial charge in [0.15, 0.2) is 5.78 Å². The summed E-state index contributed by atoms with van der Waals surface area (Å²) in [6.45, 7) is 3.64. The lowest BCUT2D eigenvalue weighted by molar-refractivity contribution is -0.154. The smallest absolute Gasteiger partial charge is 0.335 e. The van der Waals surface area contributed by atoms with Crippen molar-refractivity contribution >= 4 is 17.7 Å². The van der Waals surface area contributed by atoms with E-state index in [1.807, 2.05) is 12.1 Å². The summed E-state index contributed by atoms with van der Waals surface area (Å²) in [5, 5.41) is 9.16. The number of Topliss-reactive ketones (excluding diaryl/α,β-unsaturated/α-hetero) is 1. The van der Waals surface area contributed by atoms with Crippen molar-refractivity contribution in [2.24, 2.45) is 5.41 Å². The molecule has 0 bridgehead atoms. The Bertz CT molecular complexity index is 885. The van der Waals surface area contributed by atoms with E-state index in [2.05, 4.69) is 4.90 Å². The average molecular weight is 395 g/mol.